The summed E-state index contributed by atoms with van der Waals surface area (Å²) in [7, 11) is 0. The minimum absolute atomic E-state index is 1.86. The van der Waals surface area contributed by atoms with E-state index in [1.165, 1.54) is 0 Å². The average molecular weight is 86.1 g/mol. The fourth-order valence-corrected chi connectivity index (χ4v) is 0.107. The van der Waals surface area contributed by atoms with Crippen LogP contribution in [0.25, 0.3) is 0 Å². The van der Waals surface area contributed by atoms with Crippen LogP contribution in [0, 0.1) is 42.9 Å². The van der Waals surface area contributed by atoms with Crippen molar-refractivity contribution in [3.63, 3.8) is 0 Å². The Morgan fingerprint density at radius 2 is 1.86 bits per heavy atom. The second-order valence-electron chi connectivity index (χ2n) is 0.677. The molecule has 0 radical (unpaired) electrons. The second kappa shape index (κ2) is 4.77. The first-order valence-electron chi connectivity index (χ1n) is 1.60. The Balaban J connectivity index is 3.68. The van der Waals surface area contributed by atoms with Gasteiger partial charge < -0.3 is 0 Å². The van der Waals surface area contributed by atoms with Crippen LogP contribution in [0.2, 0.25) is 0 Å². The second-order valence-corrected chi connectivity index (χ2v) is 0.677. The van der Waals surface area contributed by atoms with Gasteiger partial charge in [0.25, 0.3) is 0 Å². The normalized spacial score (nSPS) is 3.71. The van der Waals surface area contributed by atoms with E-state index >= 15 is 0 Å². The molecule has 0 aliphatic heterocycles. The summed E-state index contributed by atoms with van der Waals surface area (Å²) in [5, 5.41) is 0. The molecule has 0 nitrogen and oxygen atoms in total. The van der Waals surface area contributed by atoms with E-state index in [9.17, 15) is 0 Å². The predicted octanol–water partition coefficient (Wildman–Crippen LogP) is 0.417. The van der Waals surface area contributed by atoms with Crippen LogP contribution < -0.4 is 0 Å². The van der Waals surface area contributed by atoms with Gasteiger partial charge in [0.2, 0.25) is 0 Å². The Kier molecular flexibility index (Phi) is 3.93. The molecule has 0 aliphatic carbocycles. The first kappa shape index (κ1) is 5.77. The average Bonchev–Trinajstić information content (AvgIpc) is 1.69. The third kappa shape index (κ3) is 4.77. The van der Waals surface area contributed by atoms with Gasteiger partial charge in [-0.05, 0) is 0 Å². The van der Waals surface area contributed by atoms with E-state index in [2.05, 4.69) is 30.6 Å². The molecular formula is C7H2. The molecule has 30 valence electrons. The molecule has 0 rings (SSSR count). The van der Waals surface area contributed by atoms with E-state index in [1.807, 2.05) is 5.92 Å². The van der Waals surface area contributed by atoms with Crippen molar-refractivity contribution in [3.05, 3.63) is 13.3 Å². The summed E-state index contributed by atoms with van der Waals surface area (Å²) in [6.07, 6.45) is 6.27. The van der Waals surface area contributed by atoms with Crippen molar-refractivity contribution in [2.75, 3.05) is 0 Å². The third-order valence-corrected chi connectivity index (χ3v) is 0.276. The molecule has 0 bridgehead atoms. The molecule has 0 spiro atoms. The molecule has 0 N–H and O–H groups in total. The van der Waals surface area contributed by atoms with Crippen molar-refractivity contribution in [1.82, 2.24) is 0 Å². The number of rotatable bonds is 0. The zero-order valence-electron chi connectivity index (χ0n) is 3.71. The van der Waals surface area contributed by atoms with Crippen molar-refractivity contribution >= 4 is 0 Å². The number of hydrogen-bond donors (Lipinski definition) is 0. The Hall–Kier alpha value is -1.23. The molecule has 0 aliphatic rings. The standard InChI is InChI=1S/C7H2/c1-3-5-7-6-4-2/h1H2. The van der Waals surface area contributed by atoms with Crippen molar-refractivity contribution in [1.29, 1.82) is 0 Å². The molecule has 0 heteroatoms. The molecule has 0 atom stereocenters. The summed E-state index contributed by atoms with van der Waals surface area (Å²) < 4.78 is 0. The summed E-state index contributed by atoms with van der Waals surface area (Å²) in [5.41, 5.74) is 0. The van der Waals surface area contributed by atoms with Gasteiger partial charge in [0.05, 0.1) is 0 Å². The van der Waals surface area contributed by atoms with Crippen LogP contribution in [0.15, 0.2) is 0 Å². The summed E-state index contributed by atoms with van der Waals surface area (Å²) in [5.74, 6) is 11.0. The monoisotopic (exact) mass is 86.0 g/mol. The Morgan fingerprint density at radius 3 is 2.29 bits per heavy atom. The van der Waals surface area contributed by atoms with Gasteiger partial charge in [-0.1, -0.05) is 0 Å². The molecule has 0 aromatic rings. The molecule has 0 amide bonds. The van der Waals surface area contributed by atoms with Gasteiger partial charge in [-0.15, -0.1) is 0 Å². The molecule has 0 aromatic carbocycles. The molecule has 0 heterocycles. The summed E-state index contributed by atoms with van der Waals surface area (Å²) in [6, 6.07) is 0. The van der Waals surface area contributed by atoms with E-state index in [0.717, 1.165) is 0 Å². The first-order chi connectivity index (χ1) is 3.41. The molecule has 0 saturated heterocycles. The Labute approximate surface area is 43.9 Å². The summed E-state index contributed by atoms with van der Waals surface area (Å²) >= 11 is 0. The van der Waals surface area contributed by atoms with E-state index in [-0.39, 0.29) is 0 Å². The van der Waals surface area contributed by atoms with Crippen LogP contribution in [0.3, 0.4) is 0 Å². The van der Waals surface area contributed by atoms with Gasteiger partial charge in [0.1, 0.15) is 0 Å². The molecule has 0 unspecified atom stereocenters. The van der Waals surface area contributed by atoms with Crippen molar-refractivity contribution < 1.29 is 0 Å². The van der Waals surface area contributed by atoms with Crippen LogP contribution >= 0.6 is 0 Å². The van der Waals surface area contributed by atoms with Gasteiger partial charge in [0.15, 0.2) is 0 Å². The van der Waals surface area contributed by atoms with E-state index in [0.29, 0.717) is 0 Å². The van der Waals surface area contributed by atoms with E-state index < -0.39 is 0 Å². The minimum atomic E-state index is 1.86. The quantitative estimate of drug-likeness (QED) is 0.296. The molecule has 0 aromatic heterocycles. The van der Waals surface area contributed by atoms with Crippen LogP contribution in [-0.4, -0.2) is 0 Å². The van der Waals surface area contributed by atoms with Gasteiger partial charge in [0, 0.05) is 0 Å². The van der Waals surface area contributed by atoms with Crippen molar-refractivity contribution in [2.45, 2.75) is 0 Å². The van der Waals surface area contributed by atoms with Crippen molar-refractivity contribution in [3.8, 4) is 29.6 Å². The molecular weight excluding hydrogens is 84.1 g/mol. The topological polar surface area (TPSA) is 0 Å². The van der Waals surface area contributed by atoms with Gasteiger partial charge in [-0.3, -0.25) is 0 Å². The van der Waals surface area contributed by atoms with E-state index in [4.69, 9.17) is 6.42 Å². The summed E-state index contributed by atoms with van der Waals surface area (Å²) in [4.78, 5) is 0. The Morgan fingerprint density at radius 1 is 1.14 bits per heavy atom. The fourth-order valence-electron chi connectivity index (χ4n) is 0.107. The molecule has 0 fully saturated rings. The van der Waals surface area contributed by atoms with Crippen LogP contribution in [-0.2, 0) is 0 Å². The van der Waals surface area contributed by atoms with Gasteiger partial charge in [-0.2, -0.15) is 0 Å². The van der Waals surface area contributed by atoms with E-state index in [1.54, 1.807) is 0 Å². The Bertz CT molecular complexity index is 182. The van der Waals surface area contributed by atoms with Crippen LogP contribution in [0.1, 0.15) is 0 Å². The maximum absolute atomic E-state index is 6.27. The summed E-state index contributed by atoms with van der Waals surface area (Å²) in [6.45, 7) is 3.20. The van der Waals surface area contributed by atoms with Gasteiger partial charge in [-0.25, -0.2) is 0 Å². The van der Waals surface area contributed by atoms with Crippen LogP contribution in [0.5, 0.6) is 0 Å². The number of hydrogen-bond acceptors (Lipinski definition) is 0. The van der Waals surface area contributed by atoms with Gasteiger partial charge >= 0.3 is 42.9 Å². The van der Waals surface area contributed by atoms with Crippen LogP contribution in [0.4, 0.5) is 0 Å². The maximum atomic E-state index is 6.27. The zero-order chi connectivity index (χ0) is 5.54. The SMILES string of the molecule is [C+]#CC#CC#C[CH2-]. The molecule has 0 saturated carbocycles. The fraction of sp³-hybridized carbons (Fsp3) is 0. The third-order valence-electron chi connectivity index (χ3n) is 0.276. The first-order valence-corrected chi connectivity index (χ1v) is 1.60. The van der Waals surface area contributed by atoms with Crippen molar-refractivity contribution in [2.24, 2.45) is 0 Å². The molecule has 7 heavy (non-hydrogen) atoms. The predicted molar refractivity (Wildman–Crippen MR) is 28.0 cm³/mol. The zero-order valence-corrected chi connectivity index (χ0v) is 3.71.